The second-order valence-electron chi connectivity index (χ2n) is 1.95. The minimum Gasteiger partial charge on any atom is -0.333 e. The first-order valence-corrected chi connectivity index (χ1v) is 3.76. The van der Waals surface area contributed by atoms with E-state index in [2.05, 4.69) is 22.6 Å². The van der Waals surface area contributed by atoms with Crippen molar-refractivity contribution in [3.05, 3.63) is 24.3 Å². The molecule has 0 atom stereocenters. The average molecular weight is 153 g/mol. The third-order valence-corrected chi connectivity index (χ3v) is 1.15. The normalized spacial score (nSPS) is 8.27. The highest BCUT2D eigenvalue weighted by Gasteiger charge is 1.86. The molecule has 0 spiro atoms. The van der Waals surface area contributed by atoms with Gasteiger partial charge in [-0.25, -0.2) is 9.97 Å². The van der Waals surface area contributed by atoms with Crippen molar-refractivity contribution in [1.29, 1.82) is 0 Å². The number of rotatable bonds is 2. The van der Waals surface area contributed by atoms with Gasteiger partial charge < -0.3 is 5.73 Å². The molecule has 1 aromatic heterocycles. The third-order valence-electron chi connectivity index (χ3n) is 1.15. The van der Waals surface area contributed by atoms with Crippen LogP contribution in [-0.2, 0) is 6.42 Å². The third kappa shape index (κ3) is 4.44. The quantitative estimate of drug-likeness (QED) is 0.689. The first kappa shape index (κ1) is 10.0. The Morgan fingerprint density at radius 3 is 2.64 bits per heavy atom. The fraction of sp³-hybridized carbons (Fsp3) is 0.500. The molecule has 1 heterocycles. The largest absolute Gasteiger partial charge is 0.333 e. The molecule has 1 aromatic rings. The molecule has 0 radical (unpaired) electrons. The molecule has 0 amide bonds. The average Bonchev–Trinajstić information content (AvgIpc) is 2.11. The lowest BCUT2D eigenvalue weighted by Gasteiger charge is -1.92. The summed E-state index contributed by atoms with van der Waals surface area (Å²) in [5.41, 5.74) is 5.63. The van der Waals surface area contributed by atoms with E-state index in [0.29, 0.717) is 0 Å². The fourth-order valence-electron chi connectivity index (χ4n) is 0.722. The van der Waals surface area contributed by atoms with Crippen molar-refractivity contribution in [2.75, 3.05) is 7.05 Å². The lowest BCUT2D eigenvalue weighted by atomic mass is 10.2. The zero-order chi connectivity index (χ0) is 8.53. The zero-order valence-electron chi connectivity index (χ0n) is 7.12. The zero-order valence-corrected chi connectivity index (χ0v) is 7.12. The highest BCUT2D eigenvalue weighted by Crippen LogP contribution is 1.94. The lowest BCUT2D eigenvalue weighted by Crippen LogP contribution is -1.87. The second kappa shape index (κ2) is 7.15. The summed E-state index contributed by atoms with van der Waals surface area (Å²) in [5, 5.41) is 0. The van der Waals surface area contributed by atoms with Crippen LogP contribution in [0.4, 0.5) is 0 Å². The van der Waals surface area contributed by atoms with Crippen LogP contribution in [-0.4, -0.2) is 17.0 Å². The van der Waals surface area contributed by atoms with Gasteiger partial charge in [-0.1, -0.05) is 13.3 Å². The van der Waals surface area contributed by atoms with Crippen LogP contribution in [0.1, 0.15) is 19.0 Å². The summed E-state index contributed by atoms with van der Waals surface area (Å²) in [5.74, 6) is 0. The number of nitrogens with two attached hydrogens (primary N) is 1. The van der Waals surface area contributed by atoms with Gasteiger partial charge in [-0.3, -0.25) is 0 Å². The predicted molar refractivity (Wildman–Crippen MR) is 46.1 cm³/mol. The Bertz CT molecular complexity index is 162. The van der Waals surface area contributed by atoms with Crippen LogP contribution in [0.2, 0.25) is 0 Å². The molecule has 0 aromatic carbocycles. The fourth-order valence-corrected chi connectivity index (χ4v) is 0.722. The van der Waals surface area contributed by atoms with Crippen molar-refractivity contribution in [2.24, 2.45) is 5.73 Å². The molecule has 0 bridgehead atoms. The summed E-state index contributed by atoms with van der Waals surface area (Å²) < 4.78 is 0. The molecule has 0 saturated heterocycles. The van der Waals surface area contributed by atoms with Gasteiger partial charge in [0, 0.05) is 11.9 Å². The van der Waals surface area contributed by atoms with E-state index in [-0.39, 0.29) is 0 Å². The number of aromatic nitrogens is 2. The van der Waals surface area contributed by atoms with Crippen molar-refractivity contribution < 1.29 is 0 Å². The maximum atomic E-state index is 4.50. The van der Waals surface area contributed by atoms with E-state index in [4.69, 9.17) is 0 Å². The van der Waals surface area contributed by atoms with Gasteiger partial charge in [-0.15, -0.1) is 0 Å². The predicted octanol–water partition coefficient (Wildman–Crippen LogP) is 1.00. The van der Waals surface area contributed by atoms with Gasteiger partial charge in [0.25, 0.3) is 0 Å². The van der Waals surface area contributed by atoms with Crippen molar-refractivity contribution >= 4 is 0 Å². The molecule has 0 fully saturated rings. The summed E-state index contributed by atoms with van der Waals surface area (Å²) in [6.07, 6.45) is 5.57. The van der Waals surface area contributed by atoms with E-state index in [0.717, 1.165) is 18.5 Å². The van der Waals surface area contributed by atoms with Crippen LogP contribution < -0.4 is 5.73 Å². The van der Waals surface area contributed by atoms with Crippen LogP contribution in [0.5, 0.6) is 0 Å². The summed E-state index contributed by atoms with van der Waals surface area (Å²) in [6.45, 7) is 2.14. The van der Waals surface area contributed by atoms with E-state index in [1.54, 1.807) is 12.5 Å². The molecule has 0 aliphatic rings. The number of hydrogen-bond donors (Lipinski definition) is 1. The maximum Gasteiger partial charge on any atom is 0.115 e. The number of aryl methyl sites for hydroxylation is 1. The van der Waals surface area contributed by atoms with Gasteiger partial charge in [-0.05, 0) is 19.5 Å². The Balaban J connectivity index is 0.000000461. The van der Waals surface area contributed by atoms with Crippen LogP contribution in [0.25, 0.3) is 0 Å². The Kier molecular flexibility index (Phi) is 6.53. The monoisotopic (exact) mass is 153 g/mol. The van der Waals surface area contributed by atoms with Crippen LogP contribution in [0.3, 0.4) is 0 Å². The Hall–Kier alpha value is -0.960. The molecule has 1 rings (SSSR count). The van der Waals surface area contributed by atoms with Crippen molar-refractivity contribution in [3.63, 3.8) is 0 Å². The number of nitrogens with zero attached hydrogens (tertiary/aromatic N) is 2. The first-order chi connectivity index (χ1) is 5.43. The van der Waals surface area contributed by atoms with Gasteiger partial charge >= 0.3 is 0 Å². The summed E-state index contributed by atoms with van der Waals surface area (Å²) in [4.78, 5) is 7.87. The first-order valence-electron chi connectivity index (χ1n) is 3.76. The van der Waals surface area contributed by atoms with Gasteiger partial charge in [0.15, 0.2) is 0 Å². The maximum absolute atomic E-state index is 4.50. The van der Waals surface area contributed by atoms with Gasteiger partial charge in [0.2, 0.25) is 0 Å². The minimum atomic E-state index is 1.06. The summed E-state index contributed by atoms with van der Waals surface area (Å²) in [6, 6.07) is 1.95. The molecule has 3 nitrogen and oxygen atoms in total. The molecule has 11 heavy (non-hydrogen) atoms. The van der Waals surface area contributed by atoms with Crippen LogP contribution in [0, 0.1) is 0 Å². The molecule has 62 valence electrons. The van der Waals surface area contributed by atoms with Crippen molar-refractivity contribution in [3.8, 4) is 0 Å². The molecular weight excluding hydrogens is 138 g/mol. The van der Waals surface area contributed by atoms with E-state index in [1.165, 1.54) is 7.05 Å². The van der Waals surface area contributed by atoms with Crippen LogP contribution in [0.15, 0.2) is 18.6 Å². The van der Waals surface area contributed by atoms with E-state index >= 15 is 0 Å². The smallest absolute Gasteiger partial charge is 0.115 e. The molecule has 3 heteroatoms. The summed E-state index contributed by atoms with van der Waals surface area (Å²) in [7, 11) is 1.50. The van der Waals surface area contributed by atoms with Crippen molar-refractivity contribution in [1.82, 2.24) is 9.97 Å². The van der Waals surface area contributed by atoms with Gasteiger partial charge in [-0.2, -0.15) is 0 Å². The van der Waals surface area contributed by atoms with Crippen LogP contribution >= 0.6 is 0 Å². The Labute approximate surface area is 67.7 Å². The SMILES string of the molecule is CCCc1ccncn1.CN. The van der Waals surface area contributed by atoms with Crippen molar-refractivity contribution in [2.45, 2.75) is 19.8 Å². The van der Waals surface area contributed by atoms with Gasteiger partial charge in [0.1, 0.15) is 6.33 Å². The molecule has 0 aliphatic carbocycles. The lowest BCUT2D eigenvalue weighted by molar-refractivity contribution is 0.872. The van der Waals surface area contributed by atoms with E-state index in [1.807, 2.05) is 6.07 Å². The Morgan fingerprint density at radius 2 is 2.18 bits per heavy atom. The molecular formula is C8H15N3. The standard InChI is InChI=1S/C7H10N2.CH5N/c1-2-3-7-4-5-8-6-9-7;1-2/h4-6H,2-3H2,1H3;2H2,1H3. The highest BCUT2D eigenvalue weighted by molar-refractivity contribution is 4.96. The molecule has 0 unspecified atom stereocenters. The van der Waals surface area contributed by atoms with E-state index < -0.39 is 0 Å². The molecule has 0 saturated carbocycles. The Morgan fingerprint density at radius 1 is 1.45 bits per heavy atom. The van der Waals surface area contributed by atoms with E-state index in [9.17, 15) is 0 Å². The second-order valence-corrected chi connectivity index (χ2v) is 1.95. The highest BCUT2D eigenvalue weighted by atomic mass is 14.8. The topological polar surface area (TPSA) is 51.8 Å². The minimum absolute atomic E-state index is 1.06. The number of hydrogen-bond acceptors (Lipinski definition) is 3. The molecule has 2 N–H and O–H groups in total. The summed E-state index contributed by atoms with van der Waals surface area (Å²) >= 11 is 0. The van der Waals surface area contributed by atoms with Gasteiger partial charge in [0.05, 0.1) is 0 Å². The molecule has 0 aliphatic heterocycles.